The van der Waals surface area contributed by atoms with E-state index in [1.807, 2.05) is 32.1 Å². The monoisotopic (exact) mass is 172 g/mol. The number of allylic oxidation sites excluding steroid dienone is 1. The largest absolute Gasteiger partial charge is 0.397 e. The number of benzene rings is 1. The standard InChI is InChI=1S/C11H12N2/c1-8(2)6-9-4-3-5-10(7-12)11(9)13/h3-6H,13H2,1-2H3. The van der Waals surface area contributed by atoms with Gasteiger partial charge in [0.25, 0.3) is 0 Å². The maximum atomic E-state index is 8.73. The number of nitrogen functional groups attached to an aromatic ring is 1. The van der Waals surface area contributed by atoms with Gasteiger partial charge in [-0.05, 0) is 25.5 Å². The average molecular weight is 172 g/mol. The van der Waals surface area contributed by atoms with Crippen molar-refractivity contribution >= 4 is 11.8 Å². The van der Waals surface area contributed by atoms with Crippen LogP contribution in [0.3, 0.4) is 0 Å². The Morgan fingerprint density at radius 1 is 1.46 bits per heavy atom. The topological polar surface area (TPSA) is 49.8 Å². The molecule has 0 spiro atoms. The number of rotatable bonds is 1. The Hall–Kier alpha value is -1.75. The summed E-state index contributed by atoms with van der Waals surface area (Å²) in [6, 6.07) is 7.52. The highest BCUT2D eigenvalue weighted by atomic mass is 14.6. The average Bonchev–Trinajstić information content (AvgIpc) is 2.08. The smallest absolute Gasteiger partial charge is 0.101 e. The maximum absolute atomic E-state index is 8.73. The molecule has 0 amide bonds. The Balaban J connectivity index is 3.26. The van der Waals surface area contributed by atoms with Crippen LogP contribution < -0.4 is 5.73 Å². The fourth-order valence-corrected chi connectivity index (χ4v) is 1.12. The van der Waals surface area contributed by atoms with E-state index in [1.165, 1.54) is 5.57 Å². The minimum atomic E-state index is 0.537. The summed E-state index contributed by atoms with van der Waals surface area (Å²) >= 11 is 0. The van der Waals surface area contributed by atoms with Crippen LogP contribution in [0.25, 0.3) is 6.08 Å². The van der Waals surface area contributed by atoms with Crippen molar-refractivity contribution in [2.24, 2.45) is 0 Å². The second-order valence-electron chi connectivity index (χ2n) is 3.14. The van der Waals surface area contributed by atoms with Crippen molar-refractivity contribution in [2.75, 3.05) is 5.73 Å². The zero-order valence-electron chi connectivity index (χ0n) is 7.83. The molecule has 0 atom stereocenters. The summed E-state index contributed by atoms with van der Waals surface area (Å²) < 4.78 is 0. The lowest BCUT2D eigenvalue weighted by Crippen LogP contribution is -1.93. The minimum absolute atomic E-state index is 0.537. The van der Waals surface area contributed by atoms with Crippen molar-refractivity contribution in [1.29, 1.82) is 5.26 Å². The molecule has 1 rings (SSSR count). The number of hydrogen-bond donors (Lipinski definition) is 1. The van der Waals surface area contributed by atoms with E-state index in [-0.39, 0.29) is 0 Å². The van der Waals surface area contributed by atoms with Crippen LogP contribution in [0.2, 0.25) is 0 Å². The van der Waals surface area contributed by atoms with Gasteiger partial charge >= 0.3 is 0 Å². The third-order valence-corrected chi connectivity index (χ3v) is 1.70. The Labute approximate surface area is 78.3 Å². The minimum Gasteiger partial charge on any atom is -0.397 e. The molecule has 0 aliphatic heterocycles. The molecule has 0 saturated heterocycles. The molecule has 0 bridgehead atoms. The lowest BCUT2D eigenvalue weighted by atomic mass is 10.1. The molecule has 0 unspecified atom stereocenters. The highest BCUT2D eigenvalue weighted by Crippen LogP contribution is 2.19. The zero-order chi connectivity index (χ0) is 9.84. The van der Waals surface area contributed by atoms with Gasteiger partial charge in [-0.25, -0.2) is 0 Å². The maximum Gasteiger partial charge on any atom is 0.101 e. The van der Waals surface area contributed by atoms with Gasteiger partial charge in [-0.15, -0.1) is 0 Å². The molecule has 0 aromatic heterocycles. The summed E-state index contributed by atoms with van der Waals surface area (Å²) in [6.45, 7) is 4.00. The van der Waals surface area contributed by atoms with Gasteiger partial charge < -0.3 is 5.73 Å². The molecule has 13 heavy (non-hydrogen) atoms. The van der Waals surface area contributed by atoms with Crippen LogP contribution in [0.1, 0.15) is 25.0 Å². The van der Waals surface area contributed by atoms with Crippen LogP contribution in [0.5, 0.6) is 0 Å². The first-order chi connectivity index (χ1) is 6.15. The van der Waals surface area contributed by atoms with Crippen LogP contribution in [0.15, 0.2) is 23.8 Å². The van der Waals surface area contributed by atoms with Crippen molar-refractivity contribution in [3.8, 4) is 6.07 Å². The number of para-hydroxylation sites is 1. The molecule has 0 saturated carbocycles. The molecule has 0 heterocycles. The van der Waals surface area contributed by atoms with Gasteiger partial charge in [0.15, 0.2) is 0 Å². The van der Waals surface area contributed by atoms with E-state index in [2.05, 4.69) is 6.07 Å². The summed E-state index contributed by atoms with van der Waals surface area (Å²) in [5.41, 5.74) is 8.96. The first-order valence-electron chi connectivity index (χ1n) is 4.08. The summed E-state index contributed by atoms with van der Waals surface area (Å²) in [5, 5.41) is 8.73. The van der Waals surface area contributed by atoms with Gasteiger partial charge in [0.2, 0.25) is 0 Å². The second-order valence-corrected chi connectivity index (χ2v) is 3.14. The zero-order valence-corrected chi connectivity index (χ0v) is 7.83. The molecule has 2 N–H and O–H groups in total. The summed E-state index contributed by atoms with van der Waals surface area (Å²) in [4.78, 5) is 0. The fourth-order valence-electron chi connectivity index (χ4n) is 1.12. The van der Waals surface area contributed by atoms with E-state index < -0.39 is 0 Å². The number of hydrogen-bond acceptors (Lipinski definition) is 2. The van der Waals surface area contributed by atoms with Gasteiger partial charge in [-0.2, -0.15) is 5.26 Å². The van der Waals surface area contributed by atoms with Crippen molar-refractivity contribution in [3.05, 3.63) is 34.9 Å². The molecular formula is C11H12N2. The molecule has 0 aliphatic rings. The third kappa shape index (κ3) is 2.09. The Morgan fingerprint density at radius 3 is 2.69 bits per heavy atom. The highest BCUT2D eigenvalue weighted by Gasteiger charge is 2.00. The first-order valence-corrected chi connectivity index (χ1v) is 4.08. The van der Waals surface area contributed by atoms with Crippen LogP contribution >= 0.6 is 0 Å². The predicted octanol–water partition coefficient (Wildman–Crippen LogP) is 2.56. The van der Waals surface area contributed by atoms with E-state index in [0.717, 1.165) is 5.56 Å². The van der Waals surface area contributed by atoms with Crippen molar-refractivity contribution in [1.82, 2.24) is 0 Å². The number of anilines is 1. The van der Waals surface area contributed by atoms with E-state index in [4.69, 9.17) is 11.0 Å². The van der Waals surface area contributed by atoms with Gasteiger partial charge in [0, 0.05) is 0 Å². The number of nitriles is 1. The number of nitrogens with two attached hydrogens (primary N) is 1. The SMILES string of the molecule is CC(C)=Cc1cccc(C#N)c1N. The molecule has 1 aromatic carbocycles. The lowest BCUT2D eigenvalue weighted by molar-refractivity contribution is 1.41. The molecule has 2 nitrogen and oxygen atoms in total. The van der Waals surface area contributed by atoms with Crippen molar-refractivity contribution in [3.63, 3.8) is 0 Å². The normalized spacial score (nSPS) is 9.00. The summed E-state index contributed by atoms with van der Waals surface area (Å²) in [6.07, 6.45) is 1.97. The number of nitrogens with zero attached hydrogens (tertiary/aromatic N) is 1. The molecule has 2 heteroatoms. The van der Waals surface area contributed by atoms with Crippen LogP contribution in [-0.4, -0.2) is 0 Å². The molecule has 0 fully saturated rings. The molecule has 66 valence electrons. The second kappa shape index (κ2) is 3.77. The summed E-state index contributed by atoms with van der Waals surface area (Å²) in [7, 11) is 0. The first kappa shape index (κ1) is 9.34. The van der Waals surface area contributed by atoms with E-state index in [9.17, 15) is 0 Å². The highest BCUT2D eigenvalue weighted by molar-refractivity contribution is 5.71. The van der Waals surface area contributed by atoms with Gasteiger partial charge in [0.1, 0.15) is 6.07 Å². The Kier molecular flexibility index (Phi) is 2.71. The van der Waals surface area contributed by atoms with Gasteiger partial charge in [0.05, 0.1) is 11.3 Å². The van der Waals surface area contributed by atoms with Crippen molar-refractivity contribution in [2.45, 2.75) is 13.8 Å². The molecule has 0 aliphatic carbocycles. The Bertz CT molecular complexity index is 380. The van der Waals surface area contributed by atoms with Crippen molar-refractivity contribution < 1.29 is 0 Å². The molecule has 1 aromatic rings. The molecule has 0 radical (unpaired) electrons. The summed E-state index contributed by atoms with van der Waals surface area (Å²) in [5.74, 6) is 0. The molecular weight excluding hydrogens is 160 g/mol. The van der Waals surface area contributed by atoms with Gasteiger partial charge in [-0.3, -0.25) is 0 Å². The van der Waals surface area contributed by atoms with Crippen LogP contribution in [-0.2, 0) is 0 Å². The quantitative estimate of drug-likeness (QED) is 0.662. The van der Waals surface area contributed by atoms with Crippen LogP contribution in [0, 0.1) is 11.3 Å². The predicted molar refractivity (Wildman–Crippen MR) is 54.9 cm³/mol. The van der Waals surface area contributed by atoms with E-state index in [1.54, 1.807) is 6.07 Å². The van der Waals surface area contributed by atoms with E-state index >= 15 is 0 Å². The van der Waals surface area contributed by atoms with Gasteiger partial charge in [-0.1, -0.05) is 23.8 Å². The Morgan fingerprint density at radius 2 is 2.15 bits per heavy atom. The van der Waals surface area contributed by atoms with E-state index in [0.29, 0.717) is 11.3 Å². The fraction of sp³-hybridized carbons (Fsp3) is 0.182. The lowest BCUT2D eigenvalue weighted by Gasteiger charge is -2.02. The third-order valence-electron chi connectivity index (χ3n) is 1.70. The van der Waals surface area contributed by atoms with Crippen LogP contribution in [0.4, 0.5) is 5.69 Å².